The fraction of sp³-hybridized carbons (Fsp3) is 0.667. The number of aromatic amines is 1. The van der Waals surface area contributed by atoms with E-state index in [4.69, 9.17) is 5.26 Å². The Morgan fingerprint density at radius 2 is 2.20 bits per heavy atom. The van der Waals surface area contributed by atoms with Crippen LogP contribution in [0.25, 0.3) is 0 Å². The van der Waals surface area contributed by atoms with Crippen LogP contribution in [-0.4, -0.2) is 10.2 Å². The molecule has 0 bridgehead atoms. The molecule has 15 heavy (non-hydrogen) atoms. The van der Waals surface area contributed by atoms with Gasteiger partial charge in [-0.2, -0.15) is 10.4 Å². The molecule has 1 heterocycles. The number of nitrogens with one attached hydrogen (secondary N) is 1. The van der Waals surface area contributed by atoms with Crippen molar-refractivity contribution >= 4 is 0 Å². The maximum atomic E-state index is 9.00. The highest BCUT2D eigenvalue weighted by molar-refractivity contribution is 5.38. The van der Waals surface area contributed by atoms with Crippen LogP contribution in [0.5, 0.6) is 0 Å². The van der Waals surface area contributed by atoms with Crippen LogP contribution in [0.4, 0.5) is 0 Å². The van der Waals surface area contributed by atoms with Crippen molar-refractivity contribution in [1.82, 2.24) is 10.2 Å². The number of nitriles is 1. The van der Waals surface area contributed by atoms with Crippen LogP contribution < -0.4 is 0 Å². The summed E-state index contributed by atoms with van der Waals surface area (Å²) in [7, 11) is 0. The zero-order valence-corrected chi connectivity index (χ0v) is 9.80. The van der Waals surface area contributed by atoms with Gasteiger partial charge in [0.15, 0.2) is 0 Å². The smallest absolute Gasteiger partial charge is 0.103 e. The average molecular weight is 205 g/mol. The second-order valence-electron chi connectivity index (χ2n) is 4.12. The van der Waals surface area contributed by atoms with Crippen LogP contribution in [0.2, 0.25) is 0 Å². The van der Waals surface area contributed by atoms with E-state index < -0.39 is 0 Å². The Bertz CT molecular complexity index is 346. The Hall–Kier alpha value is -1.30. The number of nitrogens with zero attached hydrogens (tertiary/aromatic N) is 2. The highest BCUT2D eigenvalue weighted by Gasteiger charge is 2.15. The van der Waals surface area contributed by atoms with Gasteiger partial charge in [0.1, 0.15) is 6.07 Å². The van der Waals surface area contributed by atoms with Gasteiger partial charge in [-0.1, -0.05) is 33.1 Å². The third kappa shape index (κ3) is 2.82. The first-order chi connectivity index (χ1) is 7.20. The minimum Gasteiger partial charge on any atom is -0.281 e. The highest BCUT2D eigenvalue weighted by atomic mass is 15.1. The molecule has 0 aliphatic carbocycles. The molecule has 3 heteroatoms. The number of rotatable bonds is 5. The minimum absolute atomic E-state index is 0.385. The second-order valence-corrected chi connectivity index (χ2v) is 4.12. The van der Waals surface area contributed by atoms with Gasteiger partial charge in [0.05, 0.1) is 17.0 Å². The number of aromatic nitrogens is 2. The lowest BCUT2D eigenvalue weighted by molar-refractivity contribution is 0.586. The molecular weight excluding hydrogens is 186 g/mol. The van der Waals surface area contributed by atoms with Crippen molar-refractivity contribution in [2.24, 2.45) is 0 Å². The van der Waals surface area contributed by atoms with Gasteiger partial charge < -0.3 is 0 Å². The van der Waals surface area contributed by atoms with Crippen LogP contribution in [0.3, 0.4) is 0 Å². The molecule has 0 spiro atoms. The maximum Gasteiger partial charge on any atom is 0.103 e. The largest absolute Gasteiger partial charge is 0.281 e. The lowest BCUT2D eigenvalue weighted by atomic mass is 9.97. The summed E-state index contributed by atoms with van der Waals surface area (Å²) in [4.78, 5) is 0. The zero-order chi connectivity index (χ0) is 11.3. The zero-order valence-electron chi connectivity index (χ0n) is 9.80. The van der Waals surface area contributed by atoms with Crippen LogP contribution in [-0.2, 0) is 0 Å². The van der Waals surface area contributed by atoms with Crippen molar-refractivity contribution in [1.29, 1.82) is 5.26 Å². The van der Waals surface area contributed by atoms with Gasteiger partial charge >= 0.3 is 0 Å². The van der Waals surface area contributed by atoms with E-state index in [9.17, 15) is 0 Å². The molecule has 0 fully saturated rings. The topological polar surface area (TPSA) is 52.5 Å². The normalized spacial score (nSPS) is 12.4. The summed E-state index contributed by atoms with van der Waals surface area (Å²) in [6.07, 6.45) is 4.83. The fourth-order valence-electron chi connectivity index (χ4n) is 1.78. The molecule has 0 aliphatic heterocycles. The van der Waals surface area contributed by atoms with E-state index in [1.165, 1.54) is 19.3 Å². The third-order valence-electron chi connectivity index (χ3n) is 2.79. The van der Waals surface area contributed by atoms with Gasteiger partial charge in [0.2, 0.25) is 0 Å². The third-order valence-corrected chi connectivity index (χ3v) is 2.79. The summed E-state index contributed by atoms with van der Waals surface area (Å²) in [6.45, 7) is 6.24. The number of H-pyrrole nitrogens is 1. The van der Waals surface area contributed by atoms with Crippen LogP contribution in [0.1, 0.15) is 62.4 Å². The lowest BCUT2D eigenvalue weighted by Gasteiger charge is -2.07. The Morgan fingerprint density at radius 3 is 2.80 bits per heavy atom. The molecule has 0 saturated heterocycles. The first-order valence-corrected chi connectivity index (χ1v) is 5.65. The molecule has 1 aromatic rings. The fourth-order valence-corrected chi connectivity index (χ4v) is 1.78. The summed E-state index contributed by atoms with van der Waals surface area (Å²) in [5, 5.41) is 16.1. The van der Waals surface area contributed by atoms with Crippen LogP contribution in [0, 0.1) is 18.3 Å². The highest BCUT2D eigenvalue weighted by Crippen LogP contribution is 2.24. The van der Waals surface area contributed by atoms with E-state index >= 15 is 0 Å². The summed E-state index contributed by atoms with van der Waals surface area (Å²) in [5.41, 5.74) is 2.56. The molecule has 0 saturated carbocycles. The van der Waals surface area contributed by atoms with Crippen molar-refractivity contribution in [3.8, 4) is 6.07 Å². The monoisotopic (exact) mass is 205 g/mol. The first kappa shape index (κ1) is 11.8. The molecule has 1 rings (SSSR count). The Morgan fingerprint density at radius 1 is 1.47 bits per heavy atom. The van der Waals surface area contributed by atoms with E-state index in [0.717, 1.165) is 23.4 Å². The van der Waals surface area contributed by atoms with Crippen LogP contribution in [0.15, 0.2) is 0 Å². The summed E-state index contributed by atoms with van der Waals surface area (Å²) in [5.74, 6) is 0.385. The summed E-state index contributed by atoms with van der Waals surface area (Å²) < 4.78 is 0. The van der Waals surface area contributed by atoms with Gasteiger partial charge in [-0.15, -0.1) is 0 Å². The standard InChI is InChI=1S/C12H19N3/c1-4-5-6-7-9(2)12-11(8-13)10(3)14-15-12/h9H,4-7H2,1-3H3,(H,14,15). The number of aryl methyl sites for hydroxylation is 1. The molecule has 1 N–H and O–H groups in total. The SMILES string of the molecule is CCCCCC(C)c1n[nH]c(C)c1C#N. The minimum atomic E-state index is 0.385. The molecule has 1 aromatic heterocycles. The Labute approximate surface area is 91.5 Å². The molecule has 0 aliphatic rings. The molecule has 0 aromatic carbocycles. The summed E-state index contributed by atoms with van der Waals surface area (Å²) >= 11 is 0. The molecule has 1 atom stereocenters. The summed E-state index contributed by atoms with van der Waals surface area (Å²) in [6, 6.07) is 2.22. The second kappa shape index (κ2) is 5.55. The molecule has 0 amide bonds. The van der Waals surface area contributed by atoms with Gasteiger partial charge in [-0.25, -0.2) is 0 Å². The number of hydrogen-bond acceptors (Lipinski definition) is 2. The average Bonchev–Trinajstić information content (AvgIpc) is 2.59. The van der Waals surface area contributed by atoms with Gasteiger partial charge in [0.25, 0.3) is 0 Å². The maximum absolute atomic E-state index is 9.00. The lowest BCUT2D eigenvalue weighted by Crippen LogP contribution is -1.97. The van der Waals surface area contributed by atoms with E-state index in [2.05, 4.69) is 30.1 Å². The van der Waals surface area contributed by atoms with Gasteiger partial charge in [-0.3, -0.25) is 5.10 Å². The van der Waals surface area contributed by atoms with Crippen molar-refractivity contribution in [3.05, 3.63) is 17.0 Å². The molecule has 82 valence electrons. The van der Waals surface area contributed by atoms with Crippen molar-refractivity contribution in [2.45, 2.75) is 52.4 Å². The Balaban J connectivity index is 2.65. The first-order valence-electron chi connectivity index (χ1n) is 5.65. The molecule has 0 radical (unpaired) electrons. The van der Waals surface area contributed by atoms with Gasteiger partial charge in [0, 0.05) is 5.92 Å². The van der Waals surface area contributed by atoms with E-state index in [-0.39, 0.29) is 0 Å². The predicted octanol–water partition coefficient (Wildman–Crippen LogP) is 3.27. The quantitative estimate of drug-likeness (QED) is 0.750. The van der Waals surface area contributed by atoms with E-state index in [1.807, 2.05) is 6.92 Å². The van der Waals surface area contributed by atoms with E-state index in [0.29, 0.717) is 5.92 Å². The van der Waals surface area contributed by atoms with E-state index in [1.54, 1.807) is 0 Å². The number of hydrogen-bond donors (Lipinski definition) is 1. The van der Waals surface area contributed by atoms with Gasteiger partial charge in [-0.05, 0) is 13.3 Å². The van der Waals surface area contributed by atoms with Crippen LogP contribution >= 0.6 is 0 Å². The Kier molecular flexibility index (Phi) is 4.36. The molecule has 1 unspecified atom stereocenters. The molecular formula is C12H19N3. The predicted molar refractivity (Wildman–Crippen MR) is 60.6 cm³/mol. The van der Waals surface area contributed by atoms with Crippen molar-refractivity contribution in [3.63, 3.8) is 0 Å². The van der Waals surface area contributed by atoms with Crippen molar-refractivity contribution < 1.29 is 0 Å². The molecule has 3 nitrogen and oxygen atoms in total. The van der Waals surface area contributed by atoms with Crippen molar-refractivity contribution in [2.75, 3.05) is 0 Å². The number of unbranched alkanes of at least 4 members (excludes halogenated alkanes) is 2.